The van der Waals surface area contributed by atoms with Crippen LogP contribution in [0, 0.1) is 11.6 Å². The van der Waals surface area contributed by atoms with E-state index in [9.17, 15) is 8.78 Å². The minimum Gasteiger partial charge on any atom is -0.366 e. The maximum absolute atomic E-state index is 14.0. The molecule has 10 heteroatoms. The van der Waals surface area contributed by atoms with E-state index in [0.717, 1.165) is 29.4 Å². The summed E-state index contributed by atoms with van der Waals surface area (Å²) in [7, 11) is 3.94. The minimum atomic E-state index is -0.422. The zero-order chi connectivity index (χ0) is 20.1. The molecule has 0 atom stereocenters. The van der Waals surface area contributed by atoms with Gasteiger partial charge < -0.3 is 20.0 Å². The summed E-state index contributed by atoms with van der Waals surface area (Å²) < 4.78 is 27.5. The Bertz CT molecular complexity index is 821. The number of benzene rings is 1. The monoisotopic (exact) mass is 536 g/mol. The highest BCUT2D eigenvalue weighted by Gasteiger charge is 2.22. The van der Waals surface area contributed by atoms with Crippen LogP contribution < -0.4 is 15.1 Å². The molecule has 2 aromatic rings. The highest BCUT2D eigenvalue weighted by molar-refractivity contribution is 14.0. The number of nitrogens with zero attached hydrogens (tertiary/aromatic N) is 5. The molecule has 0 aliphatic carbocycles. The topological polar surface area (TPSA) is 47.0 Å². The lowest BCUT2D eigenvalue weighted by Gasteiger charge is -2.37. The Morgan fingerprint density at radius 1 is 1.24 bits per heavy atom. The van der Waals surface area contributed by atoms with Crippen LogP contribution in [0.3, 0.4) is 0 Å². The van der Waals surface area contributed by atoms with Crippen LogP contribution in [0.25, 0.3) is 0 Å². The van der Waals surface area contributed by atoms with Crippen LogP contribution >= 0.6 is 35.3 Å². The molecule has 1 aromatic carbocycles. The maximum Gasteiger partial charge on any atom is 0.194 e. The Hall–Kier alpha value is -1.69. The molecule has 160 valence electrons. The van der Waals surface area contributed by atoms with E-state index in [1.54, 1.807) is 11.3 Å². The number of aromatic nitrogens is 1. The normalized spacial score (nSPS) is 14.6. The second kappa shape index (κ2) is 10.9. The summed E-state index contributed by atoms with van der Waals surface area (Å²) in [6.07, 6.45) is 0. The van der Waals surface area contributed by atoms with E-state index in [-0.39, 0.29) is 24.0 Å². The van der Waals surface area contributed by atoms with Gasteiger partial charge in [-0.05, 0) is 19.1 Å². The van der Waals surface area contributed by atoms with Crippen molar-refractivity contribution in [2.75, 3.05) is 56.6 Å². The molecule has 0 bridgehead atoms. The number of halogens is 3. The maximum atomic E-state index is 14.0. The third-order valence-corrected chi connectivity index (χ3v) is 5.53. The van der Waals surface area contributed by atoms with Crippen LogP contribution in [-0.4, -0.2) is 62.7 Å². The van der Waals surface area contributed by atoms with Crippen molar-refractivity contribution in [3.8, 4) is 0 Å². The molecule has 1 aliphatic heterocycles. The first kappa shape index (κ1) is 23.6. The van der Waals surface area contributed by atoms with Crippen molar-refractivity contribution in [3.05, 3.63) is 40.9 Å². The first-order valence-electron chi connectivity index (χ1n) is 9.33. The van der Waals surface area contributed by atoms with E-state index in [0.29, 0.717) is 38.4 Å². The molecule has 1 fully saturated rings. The van der Waals surface area contributed by atoms with Gasteiger partial charge in [0.15, 0.2) is 11.1 Å². The van der Waals surface area contributed by atoms with Gasteiger partial charge in [0.25, 0.3) is 0 Å². The van der Waals surface area contributed by atoms with Gasteiger partial charge in [-0.1, -0.05) is 0 Å². The molecular formula is C19H27F2IN6S. The predicted octanol–water partition coefficient (Wildman–Crippen LogP) is 3.39. The van der Waals surface area contributed by atoms with E-state index < -0.39 is 11.6 Å². The van der Waals surface area contributed by atoms with E-state index in [2.05, 4.69) is 15.2 Å². The molecule has 3 rings (SSSR count). The van der Waals surface area contributed by atoms with Crippen molar-refractivity contribution >= 4 is 52.1 Å². The van der Waals surface area contributed by atoms with Gasteiger partial charge >= 0.3 is 0 Å². The van der Waals surface area contributed by atoms with Gasteiger partial charge in [-0.3, -0.25) is 0 Å². The van der Waals surface area contributed by atoms with Gasteiger partial charge in [0.2, 0.25) is 0 Å². The number of piperazine rings is 1. The van der Waals surface area contributed by atoms with Crippen LogP contribution in [0.4, 0.5) is 19.6 Å². The Morgan fingerprint density at radius 3 is 2.59 bits per heavy atom. The third kappa shape index (κ3) is 6.14. The van der Waals surface area contributed by atoms with Gasteiger partial charge in [-0.2, -0.15) is 0 Å². The zero-order valence-electron chi connectivity index (χ0n) is 16.9. The average molecular weight is 536 g/mol. The summed E-state index contributed by atoms with van der Waals surface area (Å²) in [6, 6.07) is 3.58. The number of guanidine groups is 1. The fourth-order valence-electron chi connectivity index (χ4n) is 3.04. The van der Waals surface area contributed by atoms with Crippen molar-refractivity contribution in [2.45, 2.75) is 13.5 Å². The summed E-state index contributed by atoms with van der Waals surface area (Å²) in [5, 5.41) is 6.30. The highest BCUT2D eigenvalue weighted by atomic mass is 127. The molecule has 0 radical (unpaired) electrons. The molecule has 6 nitrogen and oxygen atoms in total. The van der Waals surface area contributed by atoms with Gasteiger partial charge in [0, 0.05) is 58.3 Å². The Labute approximate surface area is 191 Å². The van der Waals surface area contributed by atoms with E-state index in [1.165, 1.54) is 12.1 Å². The highest BCUT2D eigenvalue weighted by Crippen LogP contribution is 2.22. The number of aliphatic imine (C=N–C) groups is 1. The third-order valence-electron chi connectivity index (χ3n) is 4.48. The van der Waals surface area contributed by atoms with Crippen LogP contribution in [0.1, 0.15) is 12.6 Å². The van der Waals surface area contributed by atoms with Crippen molar-refractivity contribution in [3.63, 3.8) is 0 Å². The molecule has 0 unspecified atom stereocenters. The first-order valence-corrected chi connectivity index (χ1v) is 10.2. The molecule has 1 aliphatic rings. The van der Waals surface area contributed by atoms with E-state index in [1.807, 2.05) is 36.2 Å². The Kier molecular flexibility index (Phi) is 8.87. The van der Waals surface area contributed by atoms with Crippen LogP contribution in [-0.2, 0) is 6.54 Å². The summed E-state index contributed by atoms with van der Waals surface area (Å²) in [5.41, 5.74) is 1.25. The predicted molar refractivity (Wildman–Crippen MR) is 127 cm³/mol. The SMILES string of the molecule is CCNC(=NCc1csc(N(C)C)n1)N1CCN(c2cc(F)ccc2F)CC1.I. The van der Waals surface area contributed by atoms with Gasteiger partial charge in [0.05, 0.1) is 17.9 Å². The summed E-state index contributed by atoms with van der Waals surface area (Å²) in [6.45, 7) is 5.87. The van der Waals surface area contributed by atoms with Crippen molar-refractivity contribution < 1.29 is 8.78 Å². The van der Waals surface area contributed by atoms with Crippen molar-refractivity contribution in [1.82, 2.24) is 15.2 Å². The summed E-state index contributed by atoms with van der Waals surface area (Å²) in [5.74, 6) is 0.00556. The molecule has 1 saturated heterocycles. The van der Waals surface area contributed by atoms with Crippen molar-refractivity contribution in [2.24, 2.45) is 4.99 Å². The molecule has 0 saturated carbocycles. The number of anilines is 2. The summed E-state index contributed by atoms with van der Waals surface area (Å²) in [4.78, 5) is 15.3. The lowest BCUT2D eigenvalue weighted by molar-refractivity contribution is 0.370. The lowest BCUT2D eigenvalue weighted by atomic mass is 10.2. The molecule has 29 heavy (non-hydrogen) atoms. The van der Waals surface area contributed by atoms with Crippen molar-refractivity contribution in [1.29, 1.82) is 0 Å². The van der Waals surface area contributed by atoms with Gasteiger partial charge in [-0.25, -0.2) is 18.8 Å². The lowest BCUT2D eigenvalue weighted by Crippen LogP contribution is -2.52. The minimum absolute atomic E-state index is 0. The van der Waals surface area contributed by atoms with Crippen LogP contribution in [0.2, 0.25) is 0 Å². The van der Waals surface area contributed by atoms with Crippen LogP contribution in [0.5, 0.6) is 0 Å². The number of thiazole rings is 1. The zero-order valence-corrected chi connectivity index (χ0v) is 20.0. The average Bonchev–Trinajstić information content (AvgIpc) is 3.17. The molecule has 0 spiro atoms. The van der Waals surface area contributed by atoms with Gasteiger partial charge in [-0.15, -0.1) is 35.3 Å². The Morgan fingerprint density at radius 2 is 1.97 bits per heavy atom. The molecule has 1 aromatic heterocycles. The summed E-state index contributed by atoms with van der Waals surface area (Å²) >= 11 is 1.60. The van der Waals surface area contributed by atoms with Gasteiger partial charge in [0.1, 0.15) is 11.6 Å². The fourth-order valence-corrected chi connectivity index (χ4v) is 3.79. The first-order chi connectivity index (χ1) is 13.5. The van der Waals surface area contributed by atoms with Crippen LogP contribution in [0.15, 0.2) is 28.6 Å². The van der Waals surface area contributed by atoms with E-state index in [4.69, 9.17) is 4.99 Å². The van der Waals surface area contributed by atoms with E-state index >= 15 is 0 Å². The number of rotatable bonds is 5. The fraction of sp³-hybridized carbons (Fsp3) is 0.474. The molecule has 1 N–H and O–H groups in total. The second-order valence-electron chi connectivity index (χ2n) is 6.76. The smallest absolute Gasteiger partial charge is 0.194 e. The largest absolute Gasteiger partial charge is 0.366 e. The quantitative estimate of drug-likeness (QED) is 0.361. The number of hydrogen-bond donors (Lipinski definition) is 1. The number of nitrogens with one attached hydrogen (secondary N) is 1. The molecule has 2 heterocycles. The standard InChI is InChI=1S/C19H26F2N6S.HI/c1-4-22-18(23-12-15-13-28-19(24-15)25(2)3)27-9-7-26(8-10-27)17-11-14(20)5-6-16(17)21;/h5-6,11,13H,4,7-10,12H2,1-3H3,(H,22,23);1H. The Balaban J connectivity index is 0.00000300. The molecular weight excluding hydrogens is 509 g/mol. The number of hydrogen-bond acceptors (Lipinski definition) is 5. The second-order valence-corrected chi connectivity index (χ2v) is 7.59. The molecule has 0 amide bonds.